The summed E-state index contributed by atoms with van der Waals surface area (Å²) in [6.45, 7) is 14.3. The Kier molecular flexibility index (Phi) is 8.38. The number of hydrogen-bond acceptors (Lipinski definition) is 6. The molecule has 4 rings (SSSR count). The van der Waals surface area contributed by atoms with Gasteiger partial charge in [-0.05, 0) is 45.9 Å². The Morgan fingerprint density at radius 2 is 1.89 bits per heavy atom. The number of unbranched alkanes of at least 4 members (excludes halogenated alkanes) is 1. The van der Waals surface area contributed by atoms with Gasteiger partial charge >= 0.3 is 0 Å². The number of amides is 2. The van der Waals surface area contributed by atoms with Gasteiger partial charge in [0.2, 0.25) is 0 Å². The summed E-state index contributed by atoms with van der Waals surface area (Å²) in [5.41, 5.74) is 9.36. The molecule has 1 aromatic carbocycles. The lowest BCUT2D eigenvalue weighted by atomic mass is 10.1. The Hall–Kier alpha value is -3.53. The standard InChI is InChI=1S/C27H38N8O2/c1-5-8-11-32-12-14-33(15-13-32)27(37)20-9-10-21-22(16-20)35(7-3)23(34(21)6-2)18-30-26(36)24-25(28)29-17-19(4)31-24/h9-10,16-17H,5-8,11-15,18H2,1-4H3,(H2-,28,29,30,36)/p+1. The van der Waals surface area contributed by atoms with E-state index in [1.807, 2.05) is 23.1 Å². The van der Waals surface area contributed by atoms with Crippen LogP contribution in [-0.4, -0.2) is 68.9 Å². The third kappa shape index (κ3) is 5.58. The highest BCUT2D eigenvalue weighted by molar-refractivity contribution is 5.97. The Labute approximate surface area is 218 Å². The van der Waals surface area contributed by atoms with Gasteiger partial charge in [-0.2, -0.15) is 0 Å². The fourth-order valence-corrected chi connectivity index (χ4v) is 5.06. The maximum atomic E-state index is 13.4. The second-order valence-corrected chi connectivity index (χ2v) is 9.52. The van der Waals surface area contributed by atoms with Crippen molar-refractivity contribution in [2.75, 3.05) is 38.5 Å². The van der Waals surface area contributed by atoms with Crippen LogP contribution in [0.3, 0.4) is 0 Å². The summed E-state index contributed by atoms with van der Waals surface area (Å²) in [5, 5.41) is 2.96. The molecular formula is C27H39N8O2+. The highest BCUT2D eigenvalue weighted by Crippen LogP contribution is 2.19. The van der Waals surface area contributed by atoms with Gasteiger partial charge in [0, 0.05) is 37.8 Å². The van der Waals surface area contributed by atoms with Crippen molar-refractivity contribution in [3.63, 3.8) is 0 Å². The average molecular weight is 508 g/mol. The molecule has 0 saturated carbocycles. The van der Waals surface area contributed by atoms with Crippen LogP contribution in [-0.2, 0) is 19.6 Å². The van der Waals surface area contributed by atoms with Gasteiger partial charge in [0.15, 0.2) is 22.5 Å². The van der Waals surface area contributed by atoms with E-state index in [1.54, 1.807) is 6.92 Å². The summed E-state index contributed by atoms with van der Waals surface area (Å²) < 4.78 is 4.33. The van der Waals surface area contributed by atoms with Gasteiger partial charge in [-0.1, -0.05) is 13.3 Å². The van der Waals surface area contributed by atoms with Crippen LogP contribution in [0.15, 0.2) is 24.4 Å². The molecule has 198 valence electrons. The molecule has 0 spiro atoms. The number of hydrogen-bond donors (Lipinski definition) is 2. The molecule has 2 aromatic heterocycles. The first-order valence-corrected chi connectivity index (χ1v) is 13.3. The molecule has 1 fully saturated rings. The maximum absolute atomic E-state index is 13.4. The molecule has 3 N–H and O–H groups in total. The average Bonchev–Trinajstić information content (AvgIpc) is 3.23. The van der Waals surface area contributed by atoms with Crippen LogP contribution in [0, 0.1) is 6.92 Å². The van der Waals surface area contributed by atoms with Gasteiger partial charge in [0.1, 0.15) is 6.54 Å². The number of piperazine rings is 1. The fourth-order valence-electron chi connectivity index (χ4n) is 5.06. The third-order valence-electron chi connectivity index (χ3n) is 7.09. The molecule has 2 amide bonds. The van der Waals surface area contributed by atoms with Crippen LogP contribution >= 0.6 is 0 Å². The monoisotopic (exact) mass is 507 g/mol. The number of nitrogens with two attached hydrogens (primary N) is 1. The fraction of sp³-hybridized carbons (Fsp3) is 0.519. The number of imidazole rings is 1. The Morgan fingerprint density at radius 1 is 1.14 bits per heavy atom. The van der Waals surface area contributed by atoms with Gasteiger partial charge in [-0.25, -0.2) is 19.1 Å². The second kappa shape index (κ2) is 11.7. The number of anilines is 1. The summed E-state index contributed by atoms with van der Waals surface area (Å²) in [4.78, 5) is 38.9. The van der Waals surface area contributed by atoms with E-state index in [1.165, 1.54) is 19.0 Å². The predicted octanol–water partition coefficient (Wildman–Crippen LogP) is 2.14. The highest BCUT2D eigenvalue weighted by Gasteiger charge is 2.27. The number of carbonyl (C=O) groups excluding carboxylic acids is 2. The summed E-state index contributed by atoms with van der Waals surface area (Å²) in [6.07, 6.45) is 3.93. The Morgan fingerprint density at radius 3 is 2.57 bits per heavy atom. The lowest BCUT2D eigenvalue weighted by molar-refractivity contribution is -0.676. The quantitative estimate of drug-likeness (QED) is 0.429. The summed E-state index contributed by atoms with van der Waals surface area (Å²) >= 11 is 0. The molecule has 3 heterocycles. The van der Waals surface area contributed by atoms with E-state index in [4.69, 9.17) is 5.73 Å². The van der Waals surface area contributed by atoms with Crippen molar-refractivity contribution in [1.82, 2.24) is 29.7 Å². The number of nitrogens with zero attached hydrogens (tertiary/aromatic N) is 6. The number of fused-ring (bicyclic) bond motifs is 1. The van der Waals surface area contributed by atoms with E-state index in [2.05, 4.69) is 50.1 Å². The zero-order valence-corrected chi connectivity index (χ0v) is 22.5. The molecule has 0 radical (unpaired) electrons. The van der Waals surface area contributed by atoms with E-state index in [-0.39, 0.29) is 23.3 Å². The van der Waals surface area contributed by atoms with Crippen LogP contribution in [0.1, 0.15) is 66.0 Å². The molecule has 37 heavy (non-hydrogen) atoms. The van der Waals surface area contributed by atoms with Gasteiger partial charge < -0.3 is 16.0 Å². The molecule has 1 aliphatic heterocycles. The number of carbonyl (C=O) groups is 2. The van der Waals surface area contributed by atoms with Gasteiger partial charge in [0.05, 0.1) is 25.0 Å². The molecular weight excluding hydrogens is 468 g/mol. The largest absolute Gasteiger partial charge is 0.382 e. The minimum Gasteiger partial charge on any atom is -0.382 e. The zero-order valence-electron chi connectivity index (χ0n) is 22.5. The number of nitrogens with one attached hydrogen (secondary N) is 1. The first-order chi connectivity index (χ1) is 17.9. The summed E-state index contributed by atoms with van der Waals surface area (Å²) in [6, 6.07) is 5.93. The lowest BCUT2D eigenvalue weighted by Gasteiger charge is -2.34. The maximum Gasteiger partial charge on any atom is 0.277 e. The van der Waals surface area contributed by atoms with Crippen LogP contribution in [0.4, 0.5) is 5.82 Å². The van der Waals surface area contributed by atoms with E-state index < -0.39 is 0 Å². The zero-order chi connectivity index (χ0) is 26.5. The lowest BCUT2D eigenvalue weighted by Crippen LogP contribution is -2.48. The van der Waals surface area contributed by atoms with Crippen LogP contribution in [0.2, 0.25) is 0 Å². The van der Waals surface area contributed by atoms with Crippen molar-refractivity contribution in [1.29, 1.82) is 0 Å². The van der Waals surface area contributed by atoms with Crippen molar-refractivity contribution in [2.24, 2.45) is 0 Å². The minimum absolute atomic E-state index is 0.0762. The minimum atomic E-state index is -0.363. The molecule has 1 saturated heterocycles. The second-order valence-electron chi connectivity index (χ2n) is 9.52. The molecule has 0 aliphatic carbocycles. The molecule has 0 bridgehead atoms. The molecule has 3 aromatic rings. The van der Waals surface area contributed by atoms with Gasteiger partial charge in [-0.15, -0.1) is 0 Å². The summed E-state index contributed by atoms with van der Waals surface area (Å²) in [5.74, 6) is 0.768. The smallest absolute Gasteiger partial charge is 0.277 e. The number of aromatic nitrogens is 4. The molecule has 0 unspecified atom stereocenters. The van der Waals surface area contributed by atoms with E-state index in [0.29, 0.717) is 24.3 Å². The Bertz CT molecular complexity index is 1280. The van der Waals surface area contributed by atoms with Gasteiger partial charge in [-0.3, -0.25) is 14.5 Å². The van der Waals surface area contributed by atoms with Crippen molar-refractivity contribution >= 4 is 28.7 Å². The SMILES string of the molecule is CCCCN1CCN(C(=O)c2ccc3c(c2)[n+](CC)c(CNC(=O)c2nc(C)cnc2N)n3CC)CC1. The highest BCUT2D eigenvalue weighted by atomic mass is 16.2. The molecule has 10 heteroatoms. The molecule has 0 atom stereocenters. The number of aryl methyl sites for hydroxylation is 3. The normalized spacial score (nSPS) is 14.3. The number of benzene rings is 1. The number of nitrogen functional groups attached to an aromatic ring is 1. The predicted molar refractivity (Wildman–Crippen MR) is 143 cm³/mol. The topological polar surface area (TPSA) is 113 Å². The van der Waals surface area contributed by atoms with Crippen LogP contribution in [0.25, 0.3) is 11.0 Å². The first kappa shape index (κ1) is 26.5. The molecule has 10 nitrogen and oxygen atoms in total. The van der Waals surface area contributed by atoms with Crippen molar-refractivity contribution in [3.8, 4) is 0 Å². The van der Waals surface area contributed by atoms with Crippen molar-refractivity contribution < 1.29 is 14.2 Å². The van der Waals surface area contributed by atoms with Gasteiger partial charge in [0.25, 0.3) is 17.6 Å². The van der Waals surface area contributed by atoms with E-state index in [9.17, 15) is 9.59 Å². The molecule has 1 aliphatic rings. The third-order valence-corrected chi connectivity index (χ3v) is 7.09. The van der Waals surface area contributed by atoms with E-state index >= 15 is 0 Å². The van der Waals surface area contributed by atoms with Crippen molar-refractivity contribution in [3.05, 3.63) is 47.2 Å². The van der Waals surface area contributed by atoms with Crippen LogP contribution in [0.5, 0.6) is 0 Å². The number of rotatable bonds is 9. The van der Waals surface area contributed by atoms with Crippen molar-refractivity contribution in [2.45, 2.75) is 60.2 Å². The Balaban J connectivity index is 1.56. The summed E-state index contributed by atoms with van der Waals surface area (Å²) in [7, 11) is 0. The van der Waals surface area contributed by atoms with E-state index in [0.717, 1.165) is 56.1 Å². The first-order valence-electron chi connectivity index (χ1n) is 13.3. The van der Waals surface area contributed by atoms with Crippen LogP contribution < -0.4 is 15.6 Å².